The monoisotopic (exact) mass is 354 g/mol. The van der Waals surface area contributed by atoms with E-state index in [4.69, 9.17) is 9.47 Å². The molecule has 0 saturated carbocycles. The van der Waals surface area contributed by atoms with Gasteiger partial charge in [-0.15, -0.1) is 0 Å². The van der Waals surface area contributed by atoms with Crippen molar-refractivity contribution in [2.24, 2.45) is 0 Å². The van der Waals surface area contributed by atoms with Gasteiger partial charge in [0, 0.05) is 0 Å². The first-order chi connectivity index (χ1) is 12.5. The van der Waals surface area contributed by atoms with E-state index < -0.39 is 5.97 Å². The van der Waals surface area contributed by atoms with Crippen LogP contribution in [0, 0.1) is 0 Å². The summed E-state index contributed by atoms with van der Waals surface area (Å²) >= 11 is 0. The minimum atomic E-state index is -0.444. The molecule has 0 spiro atoms. The molecular weight excluding hydrogens is 328 g/mol. The van der Waals surface area contributed by atoms with Gasteiger partial charge < -0.3 is 9.47 Å². The van der Waals surface area contributed by atoms with Crippen molar-refractivity contribution >= 4 is 11.9 Å². The molecule has 0 unspecified atom stereocenters. The summed E-state index contributed by atoms with van der Waals surface area (Å²) in [5, 5.41) is 0. The number of benzene rings is 2. The first-order valence-corrected chi connectivity index (χ1v) is 9.11. The maximum absolute atomic E-state index is 12.4. The molecule has 0 aliphatic carbocycles. The van der Waals surface area contributed by atoms with Crippen LogP contribution in [-0.2, 0) is 4.74 Å². The first-order valence-electron chi connectivity index (χ1n) is 9.11. The summed E-state index contributed by atoms with van der Waals surface area (Å²) in [5.74, 6) is 0.00269. The van der Waals surface area contributed by atoms with Crippen molar-refractivity contribution in [3.05, 3.63) is 65.2 Å². The molecule has 4 heteroatoms. The van der Waals surface area contributed by atoms with Crippen LogP contribution < -0.4 is 4.74 Å². The van der Waals surface area contributed by atoms with E-state index in [9.17, 15) is 9.59 Å². The van der Waals surface area contributed by atoms with E-state index in [1.54, 1.807) is 30.3 Å². The topological polar surface area (TPSA) is 52.6 Å². The van der Waals surface area contributed by atoms with E-state index in [2.05, 4.69) is 6.92 Å². The molecule has 0 aromatic heterocycles. The Labute approximate surface area is 155 Å². The van der Waals surface area contributed by atoms with Gasteiger partial charge in [0.1, 0.15) is 5.75 Å². The SMILES string of the molecule is CCCCCOC(=O)c1ccc(C(=O)Oc2ccccc2C(C)C)cc1. The zero-order valence-corrected chi connectivity index (χ0v) is 15.7. The Morgan fingerprint density at radius 3 is 2.12 bits per heavy atom. The summed E-state index contributed by atoms with van der Waals surface area (Å²) < 4.78 is 10.7. The summed E-state index contributed by atoms with van der Waals surface area (Å²) in [6, 6.07) is 13.9. The molecule has 0 N–H and O–H groups in total. The highest BCUT2D eigenvalue weighted by molar-refractivity contribution is 5.94. The molecule has 0 atom stereocenters. The fraction of sp³-hybridized carbons (Fsp3) is 0.364. The van der Waals surface area contributed by atoms with Crippen molar-refractivity contribution in [1.29, 1.82) is 0 Å². The average molecular weight is 354 g/mol. The number of carbonyl (C=O) groups is 2. The van der Waals surface area contributed by atoms with Gasteiger partial charge in [-0.2, -0.15) is 0 Å². The zero-order valence-electron chi connectivity index (χ0n) is 15.7. The number of rotatable bonds is 8. The Balaban J connectivity index is 2.00. The number of hydrogen-bond acceptors (Lipinski definition) is 4. The van der Waals surface area contributed by atoms with Gasteiger partial charge in [0.05, 0.1) is 17.7 Å². The van der Waals surface area contributed by atoms with Crippen LogP contribution >= 0.6 is 0 Å². The molecule has 2 aromatic carbocycles. The molecule has 2 aromatic rings. The minimum absolute atomic E-state index is 0.254. The van der Waals surface area contributed by atoms with Gasteiger partial charge in [-0.1, -0.05) is 51.8 Å². The summed E-state index contributed by atoms with van der Waals surface area (Å²) in [5.41, 5.74) is 1.81. The summed E-state index contributed by atoms with van der Waals surface area (Å²) in [4.78, 5) is 24.3. The standard InChI is InChI=1S/C22H26O4/c1-4-5-8-15-25-21(23)17-11-13-18(14-12-17)22(24)26-20-10-7-6-9-19(20)16(2)3/h6-7,9-14,16H,4-5,8,15H2,1-3H3. The number of ether oxygens (including phenoxy) is 2. The molecule has 0 saturated heterocycles. The van der Waals surface area contributed by atoms with E-state index in [0.29, 0.717) is 23.5 Å². The van der Waals surface area contributed by atoms with Crippen molar-refractivity contribution < 1.29 is 19.1 Å². The van der Waals surface area contributed by atoms with Gasteiger partial charge in [-0.25, -0.2) is 9.59 Å². The molecule has 26 heavy (non-hydrogen) atoms. The minimum Gasteiger partial charge on any atom is -0.462 e. The van der Waals surface area contributed by atoms with Crippen LogP contribution in [-0.4, -0.2) is 18.5 Å². The molecule has 0 bridgehead atoms. The molecule has 138 valence electrons. The molecule has 0 fully saturated rings. The molecular formula is C22H26O4. The highest BCUT2D eigenvalue weighted by atomic mass is 16.5. The van der Waals surface area contributed by atoms with Crippen molar-refractivity contribution in [1.82, 2.24) is 0 Å². The van der Waals surface area contributed by atoms with Crippen LogP contribution in [0.2, 0.25) is 0 Å². The van der Waals surface area contributed by atoms with E-state index in [1.807, 2.05) is 32.0 Å². The van der Waals surface area contributed by atoms with Crippen LogP contribution in [0.5, 0.6) is 5.75 Å². The maximum Gasteiger partial charge on any atom is 0.343 e. The average Bonchev–Trinajstić information content (AvgIpc) is 2.65. The summed E-state index contributed by atoms with van der Waals surface area (Å²) in [6.07, 6.45) is 2.98. The Morgan fingerprint density at radius 1 is 0.885 bits per heavy atom. The van der Waals surface area contributed by atoms with Crippen molar-refractivity contribution in [2.75, 3.05) is 6.61 Å². The van der Waals surface area contributed by atoms with Crippen molar-refractivity contribution in [2.45, 2.75) is 46.0 Å². The Bertz CT molecular complexity index is 732. The largest absolute Gasteiger partial charge is 0.462 e. The van der Waals surface area contributed by atoms with Gasteiger partial charge in [-0.05, 0) is 48.2 Å². The number of hydrogen-bond donors (Lipinski definition) is 0. The fourth-order valence-electron chi connectivity index (χ4n) is 2.55. The van der Waals surface area contributed by atoms with Crippen LogP contribution in [0.3, 0.4) is 0 Å². The third-order valence-electron chi connectivity index (χ3n) is 4.08. The predicted octanol–water partition coefficient (Wildman–Crippen LogP) is 5.38. The number of unbranched alkanes of at least 4 members (excludes halogenated alkanes) is 2. The van der Waals surface area contributed by atoms with E-state index in [1.165, 1.54) is 0 Å². The number of carbonyl (C=O) groups excluding carboxylic acids is 2. The molecule has 0 heterocycles. The maximum atomic E-state index is 12.4. The lowest BCUT2D eigenvalue weighted by molar-refractivity contribution is 0.0497. The lowest BCUT2D eigenvalue weighted by Crippen LogP contribution is -2.11. The van der Waals surface area contributed by atoms with Gasteiger partial charge in [0.2, 0.25) is 0 Å². The van der Waals surface area contributed by atoms with Gasteiger partial charge in [0.25, 0.3) is 0 Å². The van der Waals surface area contributed by atoms with E-state index in [0.717, 1.165) is 24.8 Å². The normalized spacial score (nSPS) is 10.6. The fourth-order valence-corrected chi connectivity index (χ4v) is 2.55. The summed E-state index contributed by atoms with van der Waals surface area (Å²) in [6.45, 7) is 6.61. The van der Waals surface area contributed by atoms with Gasteiger partial charge in [0.15, 0.2) is 0 Å². The third kappa shape index (κ3) is 5.45. The lowest BCUT2D eigenvalue weighted by atomic mass is 10.0. The number of para-hydroxylation sites is 1. The second-order valence-electron chi connectivity index (χ2n) is 6.50. The molecule has 0 aliphatic heterocycles. The molecule has 0 radical (unpaired) electrons. The second-order valence-corrected chi connectivity index (χ2v) is 6.50. The first kappa shape index (κ1) is 19.7. The molecule has 0 aliphatic rings. The van der Waals surface area contributed by atoms with E-state index >= 15 is 0 Å². The highest BCUT2D eigenvalue weighted by Gasteiger charge is 2.14. The molecule has 4 nitrogen and oxygen atoms in total. The predicted molar refractivity (Wildman–Crippen MR) is 102 cm³/mol. The van der Waals surface area contributed by atoms with Crippen LogP contribution in [0.4, 0.5) is 0 Å². The quantitative estimate of drug-likeness (QED) is 0.363. The van der Waals surface area contributed by atoms with Crippen molar-refractivity contribution in [3.63, 3.8) is 0 Å². The second kappa shape index (κ2) is 9.76. The summed E-state index contributed by atoms with van der Waals surface area (Å²) in [7, 11) is 0. The van der Waals surface area contributed by atoms with Crippen LogP contribution in [0.25, 0.3) is 0 Å². The van der Waals surface area contributed by atoms with Crippen molar-refractivity contribution in [3.8, 4) is 5.75 Å². The Kier molecular flexibility index (Phi) is 7.39. The molecule has 2 rings (SSSR count). The third-order valence-corrected chi connectivity index (χ3v) is 4.08. The van der Waals surface area contributed by atoms with Gasteiger partial charge in [-0.3, -0.25) is 0 Å². The highest BCUT2D eigenvalue weighted by Crippen LogP contribution is 2.26. The zero-order chi connectivity index (χ0) is 18.9. The van der Waals surface area contributed by atoms with Crippen LogP contribution in [0.15, 0.2) is 48.5 Å². The lowest BCUT2D eigenvalue weighted by Gasteiger charge is -2.12. The Morgan fingerprint density at radius 2 is 1.50 bits per heavy atom. The number of esters is 2. The van der Waals surface area contributed by atoms with E-state index in [-0.39, 0.29) is 11.9 Å². The smallest absolute Gasteiger partial charge is 0.343 e. The van der Waals surface area contributed by atoms with Gasteiger partial charge >= 0.3 is 11.9 Å². The van der Waals surface area contributed by atoms with Crippen LogP contribution in [0.1, 0.15) is 72.2 Å². The molecule has 0 amide bonds. The Hall–Kier alpha value is -2.62.